The van der Waals surface area contributed by atoms with Crippen LogP contribution in [0, 0.1) is 5.92 Å². The number of hydrogen-bond donors (Lipinski definition) is 1. The zero-order valence-electron chi connectivity index (χ0n) is 11.2. The number of methoxy groups -OCH3 is 1. The molecule has 1 aromatic rings. The third kappa shape index (κ3) is 4.22. The summed E-state index contributed by atoms with van der Waals surface area (Å²) in [5.41, 5.74) is 0. The van der Waals surface area contributed by atoms with Gasteiger partial charge in [0.15, 0.2) is 0 Å². The fraction of sp³-hybridized carbons (Fsp3) is 0.600. The summed E-state index contributed by atoms with van der Waals surface area (Å²) >= 11 is 0. The Hall–Kier alpha value is -1.22. The molecule has 2 rings (SSSR count). The second-order valence-electron chi connectivity index (χ2n) is 4.88. The fourth-order valence-electron chi connectivity index (χ4n) is 2.43. The van der Waals surface area contributed by atoms with E-state index >= 15 is 0 Å². The van der Waals surface area contributed by atoms with E-state index in [-0.39, 0.29) is 0 Å². The molecule has 18 heavy (non-hydrogen) atoms. The van der Waals surface area contributed by atoms with Gasteiger partial charge in [-0.25, -0.2) is 0 Å². The molecule has 3 nitrogen and oxygen atoms in total. The van der Waals surface area contributed by atoms with E-state index in [1.165, 1.54) is 25.7 Å². The standard InChI is InChI=1S/C15H23NO2/c1-17-14-6-8-15(9-7-14)18-11-10-16-12-13-4-2-3-5-13/h6-9,13,16H,2-5,10-12H2,1H3. The Kier molecular flexibility index (Phi) is 5.34. The first-order valence-electron chi connectivity index (χ1n) is 6.86. The van der Waals surface area contributed by atoms with Gasteiger partial charge in [0.25, 0.3) is 0 Å². The minimum absolute atomic E-state index is 0.721. The zero-order valence-corrected chi connectivity index (χ0v) is 11.2. The molecule has 1 aliphatic rings. The highest BCUT2D eigenvalue weighted by atomic mass is 16.5. The van der Waals surface area contributed by atoms with Crippen molar-refractivity contribution in [1.29, 1.82) is 0 Å². The van der Waals surface area contributed by atoms with Crippen molar-refractivity contribution in [3.63, 3.8) is 0 Å². The predicted octanol–water partition coefficient (Wildman–Crippen LogP) is 2.85. The lowest BCUT2D eigenvalue weighted by atomic mass is 10.1. The van der Waals surface area contributed by atoms with Crippen LogP contribution in [0.25, 0.3) is 0 Å². The van der Waals surface area contributed by atoms with E-state index in [4.69, 9.17) is 9.47 Å². The molecule has 1 fully saturated rings. The number of benzene rings is 1. The summed E-state index contributed by atoms with van der Waals surface area (Å²) < 4.78 is 10.8. The summed E-state index contributed by atoms with van der Waals surface area (Å²) in [4.78, 5) is 0. The first-order valence-corrected chi connectivity index (χ1v) is 6.86. The smallest absolute Gasteiger partial charge is 0.119 e. The van der Waals surface area contributed by atoms with Gasteiger partial charge < -0.3 is 14.8 Å². The van der Waals surface area contributed by atoms with Gasteiger partial charge in [-0.05, 0) is 49.6 Å². The van der Waals surface area contributed by atoms with Crippen LogP contribution in [0.4, 0.5) is 0 Å². The summed E-state index contributed by atoms with van der Waals surface area (Å²) in [6.07, 6.45) is 5.61. The van der Waals surface area contributed by atoms with Crippen molar-refractivity contribution >= 4 is 0 Å². The lowest BCUT2D eigenvalue weighted by Gasteiger charge is -2.11. The van der Waals surface area contributed by atoms with E-state index in [1.807, 2.05) is 24.3 Å². The molecule has 0 saturated heterocycles. The molecule has 0 heterocycles. The van der Waals surface area contributed by atoms with E-state index in [0.717, 1.165) is 37.1 Å². The normalized spacial score (nSPS) is 15.8. The van der Waals surface area contributed by atoms with Crippen LogP contribution >= 0.6 is 0 Å². The van der Waals surface area contributed by atoms with Crippen LogP contribution < -0.4 is 14.8 Å². The van der Waals surface area contributed by atoms with Crippen molar-refractivity contribution < 1.29 is 9.47 Å². The Labute approximate surface area is 109 Å². The summed E-state index contributed by atoms with van der Waals surface area (Å²) in [5.74, 6) is 2.66. The average molecular weight is 249 g/mol. The maximum Gasteiger partial charge on any atom is 0.119 e. The molecule has 3 heteroatoms. The molecule has 1 aliphatic carbocycles. The van der Waals surface area contributed by atoms with Gasteiger partial charge in [0, 0.05) is 6.54 Å². The molecular weight excluding hydrogens is 226 g/mol. The van der Waals surface area contributed by atoms with E-state index in [9.17, 15) is 0 Å². The van der Waals surface area contributed by atoms with Crippen molar-refractivity contribution in [2.45, 2.75) is 25.7 Å². The molecule has 0 aliphatic heterocycles. The molecule has 100 valence electrons. The van der Waals surface area contributed by atoms with Gasteiger partial charge >= 0.3 is 0 Å². The van der Waals surface area contributed by atoms with Crippen LogP contribution in [-0.4, -0.2) is 26.8 Å². The lowest BCUT2D eigenvalue weighted by Crippen LogP contribution is -2.26. The maximum absolute atomic E-state index is 5.65. The first-order chi connectivity index (χ1) is 8.88. The van der Waals surface area contributed by atoms with Crippen LogP contribution in [0.15, 0.2) is 24.3 Å². The Bertz CT molecular complexity index is 331. The van der Waals surface area contributed by atoms with Crippen LogP contribution in [0.3, 0.4) is 0 Å². The average Bonchev–Trinajstić information content (AvgIpc) is 2.92. The van der Waals surface area contributed by atoms with Gasteiger partial charge in [0.05, 0.1) is 7.11 Å². The molecule has 0 spiro atoms. The number of rotatable bonds is 7. The SMILES string of the molecule is COc1ccc(OCCNCC2CCCC2)cc1. The van der Waals surface area contributed by atoms with Gasteiger partial charge in [-0.1, -0.05) is 12.8 Å². The molecule has 0 atom stereocenters. The molecule has 1 N–H and O–H groups in total. The Morgan fingerprint density at radius 3 is 2.44 bits per heavy atom. The quantitative estimate of drug-likeness (QED) is 0.754. The van der Waals surface area contributed by atoms with Gasteiger partial charge in [-0.3, -0.25) is 0 Å². The van der Waals surface area contributed by atoms with E-state index in [1.54, 1.807) is 7.11 Å². The van der Waals surface area contributed by atoms with Crippen molar-refractivity contribution in [2.24, 2.45) is 5.92 Å². The van der Waals surface area contributed by atoms with Gasteiger partial charge in [0.1, 0.15) is 18.1 Å². The van der Waals surface area contributed by atoms with Crippen molar-refractivity contribution in [3.8, 4) is 11.5 Å². The number of ether oxygens (including phenoxy) is 2. The summed E-state index contributed by atoms with van der Waals surface area (Å²) in [7, 11) is 1.67. The summed E-state index contributed by atoms with van der Waals surface area (Å²) in [6, 6.07) is 7.72. The molecule has 0 amide bonds. The van der Waals surface area contributed by atoms with Crippen molar-refractivity contribution in [2.75, 3.05) is 26.8 Å². The molecule has 1 saturated carbocycles. The molecule has 0 aromatic heterocycles. The first kappa shape index (κ1) is 13.2. The molecule has 1 aromatic carbocycles. The van der Waals surface area contributed by atoms with Crippen molar-refractivity contribution in [3.05, 3.63) is 24.3 Å². The molecule has 0 radical (unpaired) electrons. The summed E-state index contributed by atoms with van der Waals surface area (Å²) in [6.45, 7) is 2.79. The monoisotopic (exact) mass is 249 g/mol. The van der Waals surface area contributed by atoms with E-state index in [2.05, 4.69) is 5.32 Å². The Morgan fingerprint density at radius 2 is 1.78 bits per heavy atom. The molecule has 0 bridgehead atoms. The third-order valence-corrected chi connectivity index (χ3v) is 3.51. The molecule has 0 unspecified atom stereocenters. The minimum Gasteiger partial charge on any atom is -0.497 e. The number of nitrogens with one attached hydrogen (secondary N) is 1. The molecular formula is C15H23NO2. The Morgan fingerprint density at radius 1 is 1.11 bits per heavy atom. The highest BCUT2D eigenvalue weighted by Gasteiger charge is 2.13. The second kappa shape index (κ2) is 7.27. The van der Waals surface area contributed by atoms with E-state index in [0.29, 0.717) is 0 Å². The predicted molar refractivity (Wildman–Crippen MR) is 73.3 cm³/mol. The van der Waals surface area contributed by atoms with Crippen molar-refractivity contribution in [1.82, 2.24) is 5.32 Å². The highest BCUT2D eigenvalue weighted by Crippen LogP contribution is 2.23. The minimum atomic E-state index is 0.721. The second-order valence-corrected chi connectivity index (χ2v) is 4.88. The largest absolute Gasteiger partial charge is 0.497 e. The van der Waals surface area contributed by atoms with E-state index < -0.39 is 0 Å². The van der Waals surface area contributed by atoms with Crippen LogP contribution in [0.1, 0.15) is 25.7 Å². The zero-order chi connectivity index (χ0) is 12.6. The maximum atomic E-state index is 5.65. The third-order valence-electron chi connectivity index (χ3n) is 3.51. The topological polar surface area (TPSA) is 30.5 Å². The highest BCUT2D eigenvalue weighted by molar-refractivity contribution is 5.31. The van der Waals surface area contributed by atoms with Crippen LogP contribution in [0.5, 0.6) is 11.5 Å². The Balaban J connectivity index is 1.56. The van der Waals surface area contributed by atoms with Gasteiger partial charge in [-0.15, -0.1) is 0 Å². The van der Waals surface area contributed by atoms with Gasteiger partial charge in [0.2, 0.25) is 0 Å². The fourth-order valence-corrected chi connectivity index (χ4v) is 2.43. The summed E-state index contributed by atoms with van der Waals surface area (Å²) in [5, 5.41) is 3.47. The van der Waals surface area contributed by atoms with Crippen LogP contribution in [0.2, 0.25) is 0 Å². The van der Waals surface area contributed by atoms with Gasteiger partial charge in [-0.2, -0.15) is 0 Å². The lowest BCUT2D eigenvalue weighted by molar-refractivity contribution is 0.308. The number of hydrogen-bond acceptors (Lipinski definition) is 3. The van der Waals surface area contributed by atoms with Crippen LogP contribution in [-0.2, 0) is 0 Å².